The highest BCUT2D eigenvalue weighted by Gasteiger charge is 2.45. The van der Waals surface area contributed by atoms with Gasteiger partial charge in [0.15, 0.2) is 5.78 Å². The summed E-state index contributed by atoms with van der Waals surface area (Å²) in [7, 11) is 0. The van der Waals surface area contributed by atoms with Gasteiger partial charge in [-0.1, -0.05) is 12.0 Å². The molecule has 3 aliphatic rings. The Bertz CT molecular complexity index is 681. The maximum Gasteiger partial charge on any atom is 0.177 e. The van der Waals surface area contributed by atoms with E-state index in [1.807, 2.05) is 12.1 Å². The van der Waals surface area contributed by atoms with E-state index in [4.69, 9.17) is 6.42 Å². The van der Waals surface area contributed by atoms with E-state index in [2.05, 4.69) is 15.8 Å². The number of aromatic nitrogens is 1. The lowest BCUT2D eigenvalue weighted by atomic mass is 9.88. The maximum absolute atomic E-state index is 12.3. The molecule has 0 N–H and O–H groups in total. The molecule has 0 bridgehead atoms. The molecule has 1 aliphatic heterocycles. The van der Waals surface area contributed by atoms with Crippen LogP contribution in [0.3, 0.4) is 0 Å². The van der Waals surface area contributed by atoms with Gasteiger partial charge in [0.1, 0.15) is 0 Å². The van der Waals surface area contributed by atoms with Crippen LogP contribution in [0.5, 0.6) is 0 Å². The topological polar surface area (TPSA) is 33.2 Å². The number of hydrogen-bond donors (Lipinski definition) is 0. The van der Waals surface area contributed by atoms with E-state index < -0.39 is 0 Å². The molecule has 1 saturated carbocycles. The Morgan fingerprint density at radius 3 is 2.67 bits per heavy atom. The zero-order valence-electron chi connectivity index (χ0n) is 12.1. The van der Waals surface area contributed by atoms with Crippen LogP contribution >= 0.6 is 0 Å². The first kappa shape index (κ1) is 12.6. The summed E-state index contributed by atoms with van der Waals surface area (Å²) in [6.07, 6.45) is 13.0. The van der Waals surface area contributed by atoms with Crippen molar-refractivity contribution >= 4 is 11.5 Å². The number of Topliss-reactive ketones (excluding diaryl/α,β-unsaturated/α-hetero) is 1. The summed E-state index contributed by atoms with van der Waals surface area (Å²) in [6.45, 7) is 1.98. The molecular formula is C18H18N2O. The van der Waals surface area contributed by atoms with Crippen molar-refractivity contribution in [2.24, 2.45) is 5.41 Å². The Kier molecular flexibility index (Phi) is 2.68. The number of ketones is 1. The first-order chi connectivity index (χ1) is 10.2. The molecule has 1 aromatic heterocycles. The summed E-state index contributed by atoms with van der Waals surface area (Å²) in [4.78, 5) is 19.1. The average molecular weight is 278 g/mol. The Hall–Kier alpha value is -2.08. The third-order valence-corrected chi connectivity index (χ3v) is 5.22. The maximum atomic E-state index is 12.3. The Morgan fingerprint density at radius 2 is 2.00 bits per heavy atom. The molecular weight excluding hydrogens is 260 g/mol. The second-order valence-corrected chi connectivity index (χ2v) is 6.47. The molecule has 2 heterocycles. The molecule has 0 atom stereocenters. The van der Waals surface area contributed by atoms with E-state index in [9.17, 15) is 4.79 Å². The summed E-state index contributed by atoms with van der Waals surface area (Å²) in [5, 5.41) is 0. The Morgan fingerprint density at radius 1 is 1.24 bits per heavy atom. The van der Waals surface area contributed by atoms with Gasteiger partial charge in [0.05, 0.1) is 17.0 Å². The number of piperidine rings is 1. The summed E-state index contributed by atoms with van der Waals surface area (Å²) in [5.41, 5.74) is 3.95. The molecule has 1 spiro atoms. The quantitative estimate of drug-likeness (QED) is 0.740. The normalized spacial score (nSPS) is 23.0. The van der Waals surface area contributed by atoms with E-state index in [0.717, 1.165) is 30.0 Å². The van der Waals surface area contributed by atoms with Crippen molar-refractivity contribution < 1.29 is 4.79 Å². The minimum Gasteiger partial charge on any atom is -0.369 e. The number of fused-ring (bicyclic) bond motifs is 1. The zero-order chi connectivity index (χ0) is 14.4. The molecule has 21 heavy (non-hydrogen) atoms. The van der Waals surface area contributed by atoms with Crippen molar-refractivity contribution in [1.29, 1.82) is 0 Å². The van der Waals surface area contributed by atoms with Gasteiger partial charge in [0.2, 0.25) is 0 Å². The molecule has 3 nitrogen and oxygen atoms in total. The zero-order valence-corrected chi connectivity index (χ0v) is 12.1. The lowest BCUT2D eigenvalue weighted by molar-refractivity contribution is -0.114. The van der Waals surface area contributed by atoms with Crippen LogP contribution in [0.1, 0.15) is 36.9 Å². The monoisotopic (exact) mass is 278 g/mol. The lowest BCUT2D eigenvalue weighted by Crippen LogP contribution is -2.36. The molecule has 2 aliphatic carbocycles. The fourth-order valence-electron chi connectivity index (χ4n) is 3.64. The lowest BCUT2D eigenvalue weighted by Gasteiger charge is -2.37. The molecule has 1 aromatic rings. The molecule has 2 fully saturated rings. The van der Waals surface area contributed by atoms with Gasteiger partial charge in [0.25, 0.3) is 0 Å². The van der Waals surface area contributed by atoms with E-state index >= 15 is 0 Å². The van der Waals surface area contributed by atoms with Crippen molar-refractivity contribution in [3.63, 3.8) is 0 Å². The minimum absolute atomic E-state index is 0.0553. The highest BCUT2D eigenvalue weighted by Crippen LogP contribution is 2.54. The standard InChI is InChI=1S/C18H18N2O/c1-2-14-15(21)12-13-4-3-9-19-16(13)17(14)20-10-7-18(5-6-18)8-11-20/h1,3-4,9H,5-8,10-12H2. The van der Waals surface area contributed by atoms with Crippen molar-refractivity contribution in [2.45, 2.75) is 32.1 Å². The number of hydrogen-bond acceptors (Lipinski definition) is 3. The highest BCUT2D eigenvalue weighted by atomic mass is 16.1. The molecule has 1 saturated heterocycles. The smallest absolute Gasteiger partial charge is 0.177 e. The molecule has 4 rings (SSSR count). The van der Waals surface area contributed by atoms with Gasteiger partial charge in [0, 0.05) is 25.7 Å². The van der Waals surface area contributed by atoms with E-state index in [0.29, 0.717) is 17.4 Å². The fraction of sp³-hybridized carbons (Fsp3) is 0.444. The third-order valence-electron chi connectivity index (χ3n) is 5.22. The number of terminal acetylenes is 1. The van der Waals surface area contributed by atoms with Crippen molar-refractivity contribution in [1.82, 2.24) is 9.88 Å². The summed E-state index contributed by atoms with van der Waals surface area (Å²) in [5.74, 6) is 2.68. The van der Waals surface area contributed by atoms with Gasteiger partial charge in [-0.15, -0.1) is 6.42 Å². The Labute approximate surface area is 125 Å². The van der Waals surface area contributed by atoms with Gasteiger partial charge in [-0.3, -0.25) is 9.78 Å². The number of carbonyl (C=O) groups excluding carboxylic acids is 1. The van der Waals surface area contributed by atoms with Crippen LogP contribution in [0.25, 0.3) is 5.70 Å². The number of rotatable bonds is 1. The van der Waals surface area contributed by atoms with Crippen molar-refractivity contribution in [3.8, 4) is 12.3 Å². The molecule has 0 aromatic carbocycles. The van der Waals surface area contributed by atoms with Crippen molar-refractivity contribution in [3.05, 3.63) is 35.2 Å². The number of likely N-dealkylation sites (tertiary alicyclic amines) is 1. The van der Waals surface area contributed by atoms with Gasteiger partial charge >= 0.3 is 0 Å². The minimum atomic E-state index is 0.0553. The van der Waals surface area contributed by atoms with Crippen LogP contribution in [-0.4, -0.2) is 28.8 Å². The van der Waals surface area contributed by atoms with Crippen molar-refractivity contribution in [2.75, 3.05) is 13.1 Å². The van der Waals surface area contributed by atoms with Crippen LogP contribution in [-0.2, 0) is 11.2 Å². The first-order valence-corrected chi connectivity index (χ1v) is 7.66. The van der Waals surface area contributed by atoms with Crippen LogP contribution in [0.2, 0.25) is 0 Å². The first-order valence-electron chi connectivity index (χ1n) is 7.66. The number of nitrogens with zero attached hydrogens (tertiary/aromatic N) is 2. The van der Waals surface area contributed by atoms with Gasteiger partial charge in [-0.25, -0.2) is 0 Å². The second kappa shape index (κ2) is 4.46. The van der Waals surface area contributed by atoms with Crippen LogP contribution in [0.4, 0.5) is 0 Å². The highest BCUT2D eigenvalue weighted by molar-refractivity contribution is 6.09. The van der Waals surface area contributed by atoms with E-state index in [1.54, 1.807) is 6.20 Å². The van der Waals surface area contributed by atoms with Gasteiger partial charge in [-0.2, -0.15) is 0 Å². The summed E-state index contributed by atoms with van der Waals surface area (Å²) in [6, 6.07) is 3.87. The molecule has 0 radical (unpaired) electrons. The molecule has 0 amide bonds. The molecule has 3 heteroatoms. The van der Waals surface area contributed by atoms with Crippen LogP contribution in [0.15, 0.2) is 23.9 Å². The fourth-order valence-corrected chi connectivity index (χ4v) is 3.64. The van der Waals surface area contributed by atoms with Gasteiger partial charge < -0.3 is 4.90 Å². The van der Waals surface area contributed by atoms with E-state index in [1.165, 1.54) is 25.7 Å². The average Bonchev–Trinajstić information content (AvgIpc) is 3.26. The summed E-state index contributed by atoms with van der Waals surface area (Å²) < 4.78 is 0. The largest absolute Gasteiger partial charge is 0.369 e. The third kappa shape index (κ3) is 1.98. The van der Waals surface area contributed by atoms with Gasteiger partial charge in [-0.05, 0) is 42.7 Å². The summed E-state index contributed by atoms with van der Waals surface area (Å²) >= 11 is 0. The predicted octanol–water partition coefficient (Wildman–Crippen LogP) is 2.43. The SMILES string of the molecule is C#CC1=C(N2CCC3(CC2)CC3)c2ncccc2CC1=O. The number of carbonyl (C=O) groups is 1. The number of pyridine rings is 1. The van der Waals surface area contributed by atoms with E-state index in [-0.39, 0.29) is 5.78 Å². The molecule has 0 unspecified atom stereocenters. The number of allylic oxidation sites excluding steroid dienone is 1. The molecule has 106 valence electrons. The second-order valence-electron chi connectivity index (χ2n) is 6.47. The predicted molar refractivity (Wildman–Crippen MR) is 81.2 cm³/mol. The van der Waals surface area contributed by atoms with Crippen LogP contribution < -0.4 is 0 Å². The van der Waals surface area contributed by atoms with Crippen LogP contribution in [0, 0.1) is 17.8 Å². The Balaban J connectivity index is 1.76.